The predicted molar refractivity (Wildman–Crippen MR) is 63.2 cm³/mol. The summed E-state index contributed by atoms with van der Waals surface area (Å²) in [6.45, 7) is 2.98. The van der Waals surface area contributed by atoms with Crippen LogP contribution in [0.2, 0.25) is 0 Å². The lowest BCUT2D eigenvalue weighted by molar-refractivity contribution is -0.384. The van der Waals surface area contributed by atoms with Crippen LogP contribution >= 0.6 is 0 Å². The Hall–Kier alpha value is -2.11. The van der Waals surface area contributed by atoms with Gasteiger partial charge in [0.1, 0.15) is 11.2 Å². The topological polar surface area (TPSA) is 83.7 Å². The Kier molecular flexibility index (Phi) is 3.36. The van der Waals surface area contributed by atoms with E-state index in [1.54, 1.807) is 12.1 Å². The number of carboxylic acid groups (broad SMARTS) is 1. The zero-order chi connectivity index (χ0) is 13.2. The number of hydrogen-bond acceptors (Lipinski definition) is 4. The van der Waals surface area contributed by atoms with Crippen LogP contribution in [0.1, 0.15) is 13.8 Å². The first kappa shape index (κ1) is 13.0. The first-order valence-electron chi connectivity index (χ1n) is 4.99. The van der Waals surface area contributed by atoms with E-state index in [2.05, 4.69) is 0 Å². The Labute approximate surface area is 98.6 Å². The summed E-state index contributed by atoms with van der Waals surface area (Å²) in [5.74, 6) is -1.04. The van der Waals surface area contributed by atoms with E-state index in [4.69, 9.17) is 5.11 Å². The minimum Gasteiger partial charge on any atom is -0.480 e. The normalized spacial score (nSPS) is 11.0. The fraction of sp³-hybridized carbons (Fsp3) is 0.364. The molecule has 0 atom stereocenters. The summed E-state index contributed by atoms with van der Waals surface area (Å²) in [5.41, 5.74) is -1.04. The fourth-order valence-corrected chi connectivity index (χ4v) is 1.35. The van der Waals surface area contributed by atoms with Crippen molar-refractivity contribution in [1.82, 2.24) is 0 Å². The highest BCUT2D eigenvalue weighted by molar-refractivity contribution is 5.83. The van der Waals surface area contributed by atoms with Crippen LogP contribution < -0.4 is 4.90 Å². The lowest BCUT2D eigenvalue weighted by Gasteiger charge is -2.32. The smallest absolute Gasteiger partial charge is 0.328 e. The quantitative estimate of drug-likeness (QED) is 0.639. The molecule has 0 saturated carbocycles. The van der Waals surface area contributed by atoms with Crippen LogP contribution in [0.25, 0.3) is 0 Å². The number of para-hydroxylation sites is 2. The molecular weight excluding hydrogens is 224 g/mol. The van der Waals surface area contributed by atoms with Crippen molar-refractivity contribution in [2.75, 3.05) is 11.9 Å². The van der Waals surface area contributed by atoms with Gasteiger partial charge < -0.3 is 10.0 Å². The van der Waals surface area contributed by atoms with Gasteiger partial charge in [-0.2, -0.15) is 0 Å². The van der Waals surface area contributed by atoms with Gasteiger partial charge in [-0.3, -0.25) is 10.1 Å². The van der Waals surface area contributed by atoms with E-state index in [0.717, 1.165) is 0 Å². The summed E-state index contributed by atoms with van der Waals surface area (Å²) in [5, 5.41) is 19.9. The van der Waals surface area contributed by atoms with Crippen LogP contribution in [0.3, 0.4) is 0 Å². The van der Waals surface area contributed by atoms with Crippen molar-refractivity contribution in [3.05, 3.63) is 34.4 Å². The zero-order valence-corrected chi connectivity index (χ0v) is 9.88. The second-order valence-corrected chi connectivity index (χ2v) is 4.17. The number of nitro benzene ring substituents is 1. The molecule has 1 aromatic rings. The molecular formula is C11H14N2O4. The first-order chi connectivity index (χ1) is 7.78. The van der Waals surface area contributed by atoms with Gasteiger partial charge in [0.25, 0.3) is 5.69 Å². The number of anilines is 1. The molecule has 6 nitrogen and oxygen atoms in total. The summed E-state index contributed by atoms with van der Waals surface area (Å²) in [7, 11) is 1.52. The molecule has 0 saturated heterocycles. The van der Waals surface area contributed by atoms with E-state index in [-0.39, 0.29) is 11.4 Å². The number of carboxylic acids is 1. The van der Waals surface area contributed by atoms with Crippen LogP contribution in [0.15, 0.2) is 24.3 Å². The van der Waals surface area contributed by atoms with Crippen LogP contribution in [0.5, 0.6) is 0 Å². The third kappa shape index (κ3) is 2.35. The van der Waals surface area contributed by atoms with Gasteiger partial charge in [0.15, 0.2) is 0 Å². The third-order valence-corrected chi connectivity index (χ3v) is 2.80. The van der Waals surface area contributed by atoms with Crippen molar-refractivity contribution in [2.45, 2.75) is 19.4 Å². The van der Waals surface area contributed by atoms with Crippen molar-refractivity contribution in [1.29, 1.82) is 0 Å². The summed E-state index contributed by atoms with van der Waals surface area (Å²) in [6.07, 6.45) is 0. The van der Waals surface area contributed by atoms with E-state index < -0.39 is 16.4 Å². The summed E-state index contributed by atoms with van der Waals surface area (Å²) in [6, 6.07) is 6.06. The van der Waals surface area contributed by atoms with Crippen molar-refractivity contribution < 1.29 is 14.8 Å². The first-order valence-corrected chi connectivity index (χ1v) is 4.99. The van der Waals surface area contributed by atoms with Gasteiger partial charge in [-0.15, -0.1) is 0 Å². The molecule has 0 heterocycles. The number of nitro groups is 1. The molecule has 0 amide bonds. The lowest BCUT2D eigenvalue weighted by Crippen LogP contribution is -2.48. The second-order valence-electron chi connectivity index (χ2n) is 4.17. The molecule has 1 rings (SSSR count). The van der Waals surface area contributed by atoms with Gasteiger partial charge in [0.2, 0.25) is 0 Å². The molecule has 1 N–H and O–H groups in total. The number of benzene rings is 1. The number of hydrogen-bond donors (Lipinski definition) is 1. The van der Waals surface area contributed by atoms with Gasteiger partial charge in [-0.1, -0.05) is 12.1 Å². The van der Waals surface area contributed by atoms with Crippen LogP contribution in [0, 0.1) is 10.1 Å². The second kappa shape index (κ2) is 4.40. The molecule has 0 radical (unpaired) electrons. The highest BCUT2D eigenvalue weighted by atomic mass is 16.6. The zero-order valence-electron chi connectivity index (χ0n) is 9.88. The lowest BCUT2D eigenvalue weighted by atomic mass is 10.0. The Balaban J connectivity index is 3.26. The van der Waals surface area contributed by atoms with Crippen LogP contribution in [0.4, 0.5) is 11.4 Å². The highest BCUT2D eigenvalue weighted by Gasteiger charge is 2.35. The van der Waals surface area contributed by atoms with Crippen molar-refractivity contribution in [2.24, 2.45) is 0 Å². The van der Waals surface area contributed by atoms with Gasteiger partial charge >= 0.3 is 5.97 Å². The van der Waals surface area contributed by atoms with Crippen molar-refractivity contribution in [3.63, 3.8) is 0 Å². The Morgan fingerprint density at radius 2 is 1.94 bits per heavy atom. The average molecular weight is 238 g/mol. The molecule has 0 unspecified atom stereocenters. The monoisotopic (exact) mass is 238 g/mol. The van der Waals surface area contributed by atoms with E-state index in [9.17, 15) is 14.9 Å². The van der Waals surface area contributed by atoms with E-state index in [1.807, 2.05) is 0 Å². The van der Waals surface area contributed by atoms with E-state index in [0.29, 0.717) is 0 Å². The molecule has 0 aliphatic carbocycles. The van der Waals surface area contributed by atoms with Gasteiger partial charge in [-0.05, 0) is 19.9 Å². The largest absolute Gasteiger partial charge is 0.480 e. The van der Waals surface area contributed by atoms with Crippen LogP contribution in [-0.2, 0) is 4.79 Å². The maximum absolute atomic E-state index is 11.1. The SMILES string of the molecule is CN(c1ccccc1[N+](=O)[O-])C(C)(C)C(=O)O. The molecule has 0 fully saturated rings. The van der Waals surface area contributed by atoms with Crippen molar-refractivity contribution in [3.8, 4) is 0 Å². The third-order valence-electron chi connectivity index (χ3n) is 2.80. The number of likely N-dealkylation sites (N-methyl/N-ethyl adjacent to an activating group) is 1. The molecule has 17 heavy (non-hydrogen) atoms. The van der Waals surface area contributed by atoms with Gasteiger partial charge in [0, 0.05) is 13.1 Å². The summed E-state index contributed by atoms with van der Waals surface area (Å²) >= 11 is 0. The molecule has 0 aliphatic heterocycles. The summed E-state index contributed by atoms with van der Waals surface area (Å²) < 4.78 is 0. The van der Waals surface area contributed by atoms with Crippen LogP contribution in [-0.4, -0.2) is 28.6 Å². The molecule has 0 spiro atoms. The summed E-state index contributed by atoms with van der Waals surface area (Å²) in [4.78, 5) is 22.8. The Bertz CT molecular complexity index is 457. The molecule has 0 aromatic heterocycles. The number of carbonyl (C=O) groups is 1. The van der Waals surface area contributed by atoms with Gasteiger partial charge in [-0.25, -0.2) is 4.79 Å². The number of nitrogens with zero attached hydrogens (tertiary/aromatic N) is 2. The fourth-order valence-electron chi connectivity index (χ4n) is 1.35. The maximum Gasteiger partial charge on any atom is 0.328 e. The molecule has 92 valence electrons. The maximum atomic E-state index is 11.1. The van der Waals surface area contributed by atoms with Gasteiger partial charge in [0.05, 0.1) is 4.92 Å². The molecule has 0 aliphatic rings. The molecule has 1 aromatic carbocycles. The Morgan fingerprint density at radius 3 is 2.41 bits per heavy atom. The predicted octanol–water partition coefficient (Wildman–Crippen LogP) is 1.89. The minimum atomic E-state index is -1.22. The number of aliphatic carboxylic acids is 1. The standard InChI is InChI=1S/C11H14N2O4/c1-11(2,10(14)15)12(3)8-6-4-5-7-9(8)13(16)17/h4-7H,1-3H3,(H,14,15). The van der Waals surface area contributed by atoms with E-state index in [1.165, 1.54) is 37.9 Å². The van der Waals surface area contributed by atoms with Crippen molar-refractivity contribution >= 4 is 17.3 Å². The minimum absolute atomic E-state index is 0.107. The number of rotatable bonds is 4. The average Bonchev–Trinajstić information content (AvgIpc) is 2.27. The Morgan fingerprint density at radius 1 is 1.41 bits per heavy atom. The molecule has 0 bridgehead atoms. The highest BCUT2D eigenvalue weighted by Crippen LogP contribution is 2.31. The molecule has 6 heteroatoms. The van der Waals surface area contributed by atoms with E-state index >= 15 is 0 Å².